The molecule has 0 aliphatic carbocycles. The van der Waals surface area contributed by atoms with E-state index in [-0.39, 0.29) is 11.6 Å². The Balaban J connectivity index is 2.19. The average Bonchev–Trinajstić information content (AvgIpc) is 2.84. The number of aryl methyl sites for hydroxylation is 1. The van der Waals surface area contributed by atoms with Gasteiger partial charge in [-0.05, 0) is 13.0 Å². The SMILES string of the molecule is COc1ccc(N(C)C(=O)c2cc(C)on2)cn1. The van der Waals surface area contributed by atoms with Crippen LogP contribution >= 0.6 is 0 Å². The van der Waals surface area contributed by atoms with E-state index in [1.807, 2.05) is 0 Å². The number of carbonyl (C=O) groups is 1. The quantitative estimate of drug-likeness (QED) is 0.825. The molecule has 0 aliphatic rings. The Bertz CT molecular complexity index is 548. The smallest absolute Gasteiger partial charge is 0.280 e. The summed E-state index contributed by atoms with van der Waals surface area (Å²) in [6, 6.07) is 5.03. The lowest BCUT2D eigenvalue weighted by molar-refractivity contribution is 0.0984. The van der Waals surface area contributed by atoms with Crippen molar-refractivity contribution in [3.05, 3.63) is 35.9 Å². The maximum Gasteiger partial charge on any atom is 0.280 e. The Kier molecular flexibility index (Phi) is 3.27. The average molecular weight is 247 g/mol. The zero-order chi connectivity index (χ0) is 13.1. The number of hydrogen-bond acceptors (Lipinski definition) is 5. The van der Waals surface area contributed by atoms with E-state index in [4.69, 9.17) is 9.26 Å². The number of ether oxygens (including phenoxy) is 1. The number of rotatable bonds is 3. The number of methoxy groups -OCH3 is 1. The van der Waals surface area contributed by atoms with Gasteiger partial charge in [0.2, 0.25) is 5.88 Å². The van der Waals surface area contributed by atoms with Crippen LogP contribution in [0.1, 0.15) is 16.2 Å². The number of nitrogens with zero attached hydrogens (tertiary/aromatic N) is 3. The molecule has 0 fully saturated rings. The molecule has 2 rings (SSSR count). The molecule has 0 atom stereocenters. The van der Waals surface area contributed by atoms with Crippen LogP contribution in [-0.2, 0) is 0 Å². The molecular weight excluding hydrogens is 234 g/mol. The Morgan fingerprint density at radius 1 is 1.44 bits per heavy atom. The number of aromatic nitrogens is 2. The maximum atomic E-state index is 12.1. The fraction of sp³-hybridized carbons (Fsp3) is 0.250. The van der Waals surface area contributed by atoms with Crippen LogP contribution in [0.5, 0.6) is 5.88 Å². The van der Waals surface area contributed by atoms with Gasteiger partial charge in [-0.2, -0.15) is 0 Å². The first-order valence-electron chi connectivity index (χ1n) is 5.33. The van der Waals surface area contributed by atoms with E-state index < -0.39 is 0 Å². The second-order valence-electron chi connectivity index (χ2n) is 3.75. The Labute approximate surface area is 104 Å². The van der Waals surface area contributed by atoms with Gasteiger partial charge in [0.15, 0.2) is 5.69 Å². The molecule has 1 amide bonds. The maximum absolute atomic E-state index is 12.1. The molecule has 18 heavy (non-hydrogen) atoms. The predicted octanol–water partition coefficient (Wildman–Crippen LogP) is 1.66. The van der Waals surface area contributed by atoms with Gasteiger partial charge in [0.05, 0.1) is 19.0 Å². The van der Waals surface area contributed by atoms with Crippen LogP contribution < -0.4 is 9.64 Å². The highest BCUT2D eigenvalue weighted by atomic mass is 16.5. The van der Waals surface area contributed by atoms with E-state index in [9.17, 15) is 4.79 Å². The third-order valence-electron chi connectivity index (χ3n) is 2.47. The summed E-state index contributed by atoms with van der Waals surface area (Å²) in [7, 11) is 3.19. The summed E-state index contributed by atoms with van der Waals surface area (Å²) in [5, 5.41) is 3.68. The van der Waals surface area contributed by atoms with Crippen molar-refractivity contribution in [2.45, 2.75) is 6.92 Å². The second-order valence-corrected chi connectivity index (χ2v) is 3.75. The monoisotopic (exact) mass is 247 g/mol. The van der Waals surface area contributed by atoms with Gasteiger partial charge in [-0.3, -0.25) is 4.79 Å². The van der Waals surface area contributed by atoms with Crippen molar-refractivity contribution in [3.63, 3.8) is 0 Å². The third kappa shape index (κ3) is 2.32. The Morgan fingerprint density at radius 2 is 2.22 bits per heavy atom. The minimum Gasteiger partial charge on any atom is -0.481 e. The largest absolute Gasteiger partial charge is 0.481 e. The van der Waals surface area contributed by atoms with Crippen LogP contribution in [0.3, 0.4) is 0 Å². The van der Waals surface area contributed by atoms with Crippen LogP contribution in [0.2, 0.25) is 0 Å². The molecule has 2 heterocycles. The molecule has 0 unspecified atom stereocenters. The standard InChI is InChI=1S/C12H13N3O3/c1-8-6-10(14-18-8)12(16)15(2)9-4-5-11(17-3)13-7-9/h4-7H,1-3H3. The van der Waals surface area contributed by atoms with Gasteiger partial charge in [-0.1, -0.05) is 5.16 Å². The fourth-order valence-electron chi connectivity index (χ4n) is 1.45. The van der Waals surface area contributed by atoms with E-state index in [1.165, 1.54) is 12.0 Å². The van der Waals surface area contributed by atoms with E-state index in [0.717, 1.165) is 0 Å². The van der Waals surface area contributed by atoms with Gasteiger partial charge < -0.3 is 14.2 Å². The molecular formula is C12H13N3O3. The van der Waals surface area contributed by atoms with E-state index in [2.05, 4.69) is 10.1 Å². The molecule has 2 aromatic rings. The van der Waals surface area contributed by atoms with Crippen molar-refractivity contribution in [1.29, 1.82) is 0 Å². The minimum absolute atomic E-state index is 0.251. The first-order valence-corrected chi connectivity index (χ1v) is 5.33. The van der Waals surface area contributed by atoms with Gasteiger partial charge in [-0.25, -0.2) is 4.98 Å². The van der Waals surface area contributed by atoms with Gasteiger partial charge in [0.1, 0.15) is 5.76 Å². The lowest BCUT2D eigenvalue weighted by Gasteiger charge is -2.15. The Hall–Kier alpha value is -2.37. The molecule has 0 N–H and O–H groups in total. The van der Waals surface area contributed by atoms with Crippen LogP contribution in [0, 0.1) is 6.92 Å². The van der Waals surface area contributed by atoms with Crippen LogP contribution in [0.15, 0.2) is 28.9 Å². The summed E-state index contributed by atoms with van der Waals surface area (Å²) in [5.41, 5.74) is 0.923. The summed E-state index contributed by atoms with van der Waals surface area (Å²) < 4.78 is 9.83. The molecule has 0 saturated heterocycles. The van der Waals surface area contributed by atoms with E-state index >= 15 is 0 Å². The third-order valence-corrected chi connectivity index (χ3v) is 2.47. The molecule has 0 bridgehead atoms. The highest BCUT2D eigenvalue weighted by Crippen LogP contribution is 2.17. The first-order chi connectivity index (χ1) is 8.61. The lowest BCUT2D eigenvalue weighted by Crippen LogP contribution is -2.26. The Morgan fingerprint density at radius 3 is 2.72 bits per heavy atom. The summed E-state index contributed by atoms with van der Waals surface area (Å²) in [4.78, 5) is 17.5. The minimum atomic E-state index is -0.251. The van der Waals surface area contributed by atoms with Gasteiger partial charge in [0, 0.05) is 19.2 Å². The van der Waals surface area contributed by atoms with Crippen LogP contribution in [0.4, 0.5) is 5.69 Å². The van der Waals surface area contributed by atoms with Crippen molar-refractivity contribution in [3.8, 4) is 5.88 Å². The second kappa shape index (κ2) is 4.87. The van der Waals surface area contributed by atoms with E-state index in [1.54, 1.807) is 38.4 Å². The zero-order valence-electron chi connectivity index (χ0n) is 10.4. The number of pyridine rings is 1. The van der Waals surface area contributed by atoms with Gasteiger partial charge in [-0.15, -0.1) is 0 Å². The van der Waals surface area contributed by atoms with Crippen molar-refractivity contribution in [2.75, 3.05) is 19.1 Å². The topological polar surface area (TPSA) is 68.5 Å². The van der Waals surface area contributed by atoms with Gasteiger partial charge in [0.25, 0.3) is 5.91 Å². The summed E-state index contributed by atoms with van der Waals surface area (Å²) in [6.07, 6.45) is 1.56. The molecule has 2 aromatic heterocycles. The highest BCUT2D eigenvalue weighted by Gasteiger charge is 2.17. The number of carbonyl (C=O) groups excluding carboxylic acids is 1. The molecule has 0 aliphatic heterocycles. The van der Waals surface area contributed by atoms with Crippen molar-refractivity contribution < 1.29 is 14.1 Å². The zero-order valence-corrected chi connectivity index (χ0v) is 10.4. The number of anilines is 1. The normalized spacial score (nSPS) is 10.2. The van der Waals surface area contributed by atoms with Crippen LogP contribution in [0.25, 0.3) is 0 Å². The molecule has 6 heteroatoms. The molecule has 0 spiro atoms. The molecule has 0 saturated carbocycles. The summed E-state index contributed by atoms with van der Waals surface area (Å²) in [6.45, 7) is 1.73. The molecule has 0 aromatic carbocycles. The number of hydrogen-bond donors (Lipinski definition) is 0. The predicted molar refractivity (Wildman–Crippen MR) is 64.8 cm³/mol. The molecule has 94 valence electrons. The summed E-state index contributed by atoms with van der Waals surface area (Å²) >= 11 is 0. The first kappa shape index (κ1) is 12.1. The van der Waals surface area contributed by atoms with Crippen molar-refractivity contribution >= 4 is 11.6 Å². The van der Waals surface area contributed by atoms with E-state index in [0.29, 0.717) is 17.3 Å². The highest BCUT2D eigenvalue weighted by molar-refractivity contribution is 6.04. The van der Waals surface area contributed by atoms with Crippen molar-refractivity contribution in [2.24, 2.45) is 0 Å². The summed E-state index contributed by atoms with van der Waals surface area (Å²) in [5.74, 6) is 0.843. The van der Waals surface area contributed by atoms with Crippen molar-refractivity contribution in [1.82, 2.24) is 10.1 Å². The fourth-order valence-corrected chi connectivity index (χ4v) is 1.45. The number of amides is 1. The van der Waals surface area contributed by atoms with Crippen LogP contribution in [-0.4, -0.2) is 30.2 Å². The molecule has 0 radical (unpaired) electrons. The lowest BCUT2D eigenvalue weighted by atomic mass is 10.3. The molecule has 6 nitrogen and oxygen atoms in total. The van der Waals surface area contributed by atoms with Gasteiger partial charge >= 0.3 is 0 Å².